The van der Waals surface area contributed by atoms with Gasteiger partial charge in [0, 0.05) is 50.0 Å². The first kappa shape index (κ1) is 39.1. The second-order valence-corrected chi connectivity index (χ2v) is 24.1. The van der Waals surface area contributed by atoms with E-state index < -0.39 is 0 Å². The summed E-state index contributed by atoms with van der Waals surface area (Å²) >= 11 is 0. The van der Waals surface area contributed by atoms with Crippen LogP contribution >= 0.6 is 0 Å². The smallest absolute Gasteiger partial charge is 0.142 e. The largest absolute Gasteiger partial charge is 0.456 e. The molecule has 6 heteroatoms. The van der Waals surface area contributed by atoms with E-state index in [1.807, 2.05) is 18.2 Å². The van der Waals surface area contributed by atoms with Gasteiger partial charge in [-0.3, -0.25) is 0 Å². The standard InChI is InChI=1S/C57H69N3O3/c1-31-10-43(4-7-46(31)58)61-52-49(55-22-34-13-35(23-55)15-36(14-34)24-55)53(62-44-5-8-47(59)32(2)11-44)51(57-28-40-19-41(29-57)21-42(20-40)30-57)54(63-45-6-9-48(60)33(3)12-45)50(52)56-25-37-16-38(26-56)18-39(17-37)27-56/h4-12,34-42H,13-30,58-60H2,1-3H3. The Bertz CT molecular complexity index is 2130. The normalized spacial score (nSPS) is 37.5. The Kier molecular flexibility index (Phi) is 8.59. The van der Waals surface area contributed by atoms with Crippen LogP contribution in [0.25, 0.3) is 0 Å². The summed E-state index contributed by atoms with van der Waals surface area (Å²) in [6.07, 6.45) is 23.3. The zero-order chi connectivity index (χ0) is 42.6. The lowest BCUT2D eigenvalue weighted by Crippen LogP contribution is -2.52. The molecule has 12 bridgehead atoms. The third-order valence-corrected chi connectivity index (χ3v) is 19.5. The third-order valence-electron chi connectivity index (χ3n) is 19.5. The van der Waals surface area contributed by atoms with Crippen molar-refractivity contribution < 1.29 is 14.2 Å². The van der Waals surface area contributed by atoms with Crippen LogP contribution in [0.1, 0.15) is 149 Å². The van der Waals surface area contributed by atoms with Gasteiger partial charge >= 0.3 is 0 Å². The van der Waals surface area contributed by atoms with Crippen molar-refractivity contribution in [3.05, 3.63) is 88.0 Å². The summed E-state index contributed by atoms with van der Waals surface area (Å²) in [6, 6.07) is 19.1. The Hall–Kier alpha value is -4.32. The highest BCUT2D eigenvalue weighted by Gasteiger charge is 2.61. The SMILES string of the molecule is Cc1cc(Oc2c(C34CC5CC(CC(C5)C3)C4)c(Oc3ccc(N)c(C)c3)c(C34CC5CC(CC(C5)C3)C4)c(Oc3ccc(N)c(C)c3)c2C23CC4CC(CC(C4)C2)C3)ccc1N. The highest BCUT2D eigenvalue weighted by molar-refractivity contribution is 5.73. The molecule has 6 N–H and O–H groups in total. The molecule has 0 saturated heterocycles. The Morgan fingerprint density at radius 3 is 0.746 bits per heavy atom. The quantitative estimate of drug-likeness (QED) is 0.145. The molecule has 6 nitrogen and oxygen atoms in total. The molecule has 12 aliphatic carbocycles. The van der Waals surface area contributed by atoms with Crippen LogP contribution in [0.2, 0.25) is 0 Å². The minimum absolute atomic E-state index is 0.0461. The van der Waals surface area contributed by atoms with Gasteiger partial charge in [-0.1, -0.05) is 0 Å². The van der Waals surface area contributed by atoms with E-state index in [4.69, 9.17) is 31.4 Å². The van der Waals surface area contributed by atoms with Gasteiger partial charge in [0.1, 0.15) is 34.5 Å². The van der Waals surface area contributed by atoms with Crippen LogP contribution in [0.3, 0.4) is 0 Å². The van der Waals surface area contributed by atoms with Crippen molar-refractivity contribution in [3.63, 3.8) is 0 Å². The number of hydrogen-bond acceptors (Lipinski definition) is 6. The molecule has 12 aliphatic rings. The van der Waals surface area contributed by atoms with Gasteiger partial charge in [-0.2, -0.15) is 0 Å². The lowest BCUT2D eigenvalue weighted by Gasteiger charge is -2.61. The molecule has 12 saturated carbocycles. The van der Waals surface area contributed by atoms with Gasteiger partial charge in [0.2, 0.25) is 0 Å². The molecule has 0 atom stereocenters. The second-order valence-electron chi connectivity index (χ2n) is 24.1. The topological polar surface area (TPSA) is 106 Å². The Morgan fingerprint density at radius 2 is 0.556 bits per heavy atom. The van der Waals surface area contributed by atoms with Crippen molar-refractivity contribution in [2.45, 2.75) is 153 Å². The molecule has 0 radical (unpaired) electrons. The van der Waals surface area contributed by atoms with Crippen molar-refractivity contribution in [3.8, 4) is 34.5 Å². The summed E-state index contributed by atoms with van der Waals surface area (Å²) in [5.74, 6) is 12.5. The lowest BCUT2D eigenvalue weighted by molar-refractivity contribution is -0.0152. The first-order chi connectivity index (χ1) is 30.4. The maximum absolute atomic E-state index is 7.92. The van der Waals surface area contributed by atoms with Crippen molar-refractivity contribution in [2.24, 2.45) is 53.3 Å². The Balaban J connectivity index is 1.18. The van der Waals surface area contributed by atoms with Crippen molar-refractivity contribution >= 4 is 17.1 Å². The van der Waals surface area contributed by atoms with Crippen LogP contribution in [-0.4, -0.2) is 0 Å². The average molecular weight is 844 g/mol. The zero-order valence-electron chi connectivity index (χ0n) is 38.1. The number of nitrogen functional groups attached to an aromatic ring is 3. The predicted octanol–water partition coefficient (Wildman–Crippen LogP) is 14.1. The fourth-order valence-electron chi connectivity index (χ4n) is 18.2. The Morgan fingerprint density at radius 1 is 0.349 bits per heavy atom. The molecule has 4 aromatic carbocycles. The van der Waals surface area contributed by atoms with E-state index >= 15 is 0 Å². The highest BCUT2D eigenvalue weighted by Crippen LogP contribution is 2.73. The molecular formula is C57H69N3O3. The first-order valence-electron chi connectivity index (χ1n) is 25.3. The van der Waals surface area contributed by atoms with Crippen molar-refractivity contribution in [2.75, 3.05) is 17.2 Å². The molecule has 330 valence electrons. The van der Waals surface area contributed by atoms with E-state index in [0.29, 0.717) is 0 Å². The monoisotopic (exact) mass is 844 g/mol. The van der Waals surface area contributed by atoms with E-state index in [2.05, 4.69) is 57.2 Å². The van der Waals surface area contributed by atoms with E-state index in [-0.39, 0.29) is 16.2 Å². The van der Waals surface area contributed by atoms with Crippen LogP contribution < -0.4 is 31.4 Å². The van der Waals surface area contributed by atoms with Gasteiger partial charge in [-0.25, -0.2) is 0 Å². The first-order valence-corrected chi connectivity index (χ1v) is 25.3. The number of hydrogen-bond donors (Lipinski definition) is 3. The molecule has 0 amide bonds. The van der Waals surface area contributed by atoms with E-state index in [1.54, 1.807) is 0 Å². The number of nitrogens with two attached hydrogens (primary N) is 3. The molecular weight excluding hydrogens is 775 g/mol. The molecule has 16 rings (SSSR count). The van der Waals surface area contributed by atoms with Crippen LogP contribution in [-0.2, 0) is 16.2 Å². The summed E-state index contributed by atoms with van der Waals surface area (Å²) in [5.41, 5.74) is 29.3. The molecule has 0 aromatic heterocycles. The van der Waals surface area contributed by atoms with Gasteiger partial charge in [0.05, 0.1) is 0 Å². The van der Waals surface area contributed by atoms with Crippen molar-refractivity contribution in [1.29, 1.82) is 0 Å². The number of benzene rings is 4. The van der Waals surface area contributed by atoms with Gasteiger partial charge < -0.3 is 31.4 Å². The van der Waals surface area contributed by atoms with Crippen LogP contribution in [0.5, 0.6) is 34.5 Å². The second kappa shape index (κ2) is 13.8. The number of aryl methyl sites for hydroxylation is 3. The fraction of sp³-hybridized carbons (Fsp3) is 0.579. The summed E-state index contributed by atoms with van der Waals surface area (Å²) in [5, 5.41) is 0. The minimum atomic E-state index is -0.0461. The summed E-state index contributed by atoms with van der Waals surface area (Å²) in [4.78, 5) is 0. The fourth-order valence-corrected chi connectivity index (χ4v) is 18.2. The average Bonchev–Trinajstić information content (AvgIpc) is 3.20. The molecule has 0 unspecified atom stereocenters. The van der Waals surface area contributed by atoms with Gasteiger partial charge in [-0.15, -0.1) is 0 Å². The van der Waals surface area contributed by atoms with E-state index in [0.717, 1.165) is 122 Å². The lowest BCUT2D eigenvalue weighted by atomic mass is 9.44. The zero-order valence-corrected chi connectivity index (χ0v) is 38.1. The molecule has 4 aromatic rings. The number of anilines is 3. The number of rotatable bonds is 9. The van der Waals surface area contributed by atoms with Crippen molar-refractivity contribution in [1.82, 2.24) is 0 Å². The molecule has 0 heterocycles. The third kappa shape index (κ3) is 6.21. The van der Waals surface area contributed by atoms with Crippen LogP contribution in [0.15, 0.2) is 54.6 Å². The van der Waals surface area contributed by atoms with Crippen LogP contribution in [0, 0.1) is 74.0 Å². The van der Waals surface area contributed by atoms with E-state index in [1.165, 1.54) is 132 Å². The van der Waals surface area contributed by atoms with Crippen LogP contribution in [0.4, 0.5) is 17.1 Å². The molecule has 63 heavy (non-hydrogen) atoms. The summed E-state index contributed by atoms with van der Waals surface area (Å²) in [7, 11) is 0. The number of ether oxygens (including phenoxy) is 3. The molecule has 0 spiro atoms. The maximum Gasteiger partial charge on any atom is 0.142 e. The predicted molar refractivity (Wildman–Crippen MR) is 253 cm³/mol. The summed E-state index contributed by atoms with van der Waals surface area (Å²) in [6.45, 7) is 6.36. The summed E-state index contributed by atoms with van der Waals surface area (Å²) < 4.78 is 23.7. The van der Waals surface area contributed by atoms with Gasteiger partial charge in [0.25, 0.3) is 0 Å². The van der Waals surface area contributed by atoms with Gasteiger partial charge in [-0.05, 0) is 261 Å². The molecule has 12 fully saturated rings. The minimum Gasteiger partial charge on any atom is -0.456 e. The Labute approximate surface area is 375 Å². The maximum atomic E-state index is 7.92. The van der Waals surface area contributed by atoms with E-state index in [9.17, 15) is 0 Å². The molecule has 0 aliphatic heterocycles. The highest BCUT2D eigenvalue weighted by atomic mass is 16.5. The van der Waals surface area contributed by atoms with Gasteiger partial charge in [0.15, 0.2) is 0 Å².